The van der Waals surface area contributed by atoms with Gasteiger partial charge >= 0.3 is 5.97 Å². The lowest BCUT2D eigenvalue weighted by molar-refractivity contribution is -0.112. The third kappa shape index (κ3) is 8.06. The van der Waals surface area contributed by atoms with Crippen LogP contribution in [-0.4, -0.2) is 17.0 Å². The number of hydrogen-bond acceptors (Lipinski definition) is 5. The number of nitrogens with one attached hydrogen (secondary N) is 1. The van der Waals surface area contributed by atoms with Crippen molar-refractivity contribution < 1.29 is 24.2 Å². The number of ether oxygens (including phenoxy) is 2. The first-order valence-corrected chi connectivity index (χ1v) is 14.1. The Bertz CT molecular complexity index is 1560. The van der Waals surface area contributed by atoms with Crippen LogP contribution >= 0.6 is 45.2 Å². The Balaban J connectivity index is 1.38. The number of benzene rings is 4. The van der Waals surface area contributed by atoms with Crippen LogP contribution in [0.5, 0.6) is 11.5 Å². The van der Waals surface area contributed by atoms with Crippen LogP contribution in [0.1, 0.15) is 27.0 Å². The third-order valence-electron chi connectivity index (χ3n) is 5.64. The van der Waals surface area contributed by atoms with Gasteiger partial charge in [-0.2, -0.15) is 5.26 Å². The summed E-state index contributed by atoms with van der Waals surface area (Å²) in [4.78, 5) is 23.8. The second-order valence-electron chi connectivity index (χ2n) is 8.53. The van der Waals surface area contributed by atoms with Crippen molar-refractivity contribution >= 4 is 68.8 Å². The molecular formula is C31H22I2N2O5. The standard InChI is InChI=1S/C31H22I2N2O5/c32-27-15-22(16-28(33)29(27)40-19-21-6-8-23(9-7-21)31(37)38)14-24(17-34)30(36)35-25-10-12-26(13-11-25)39-18-20-4-2-1-3-5-20/h1-16H,18-19H2,(H,35,36)(H,37,38)/b24-14+. The lowest BCUT2D eigenvalue weighted by atomic mass is 10.1. The summed E-state index contributed by atoms with van der Waals surface area (Å²) >= 11 is 4.29. The Morgan fingerprint density at radius 2 is 1.45 bits per heavy atom. The molecule has 0 saturated carbocycles. The van der Waals surface area contributed by atoms with E-state index in [4.69, 9.17) is 14.6 Å². The zero-order valence-corrected chi connectivity index (χ0v) is 25.3. The van der Waals surface area contributed by atoms with Gasteiger partial charge in [-0.05, 0) is 116 Å². The third-order valence-corrected chi connectivity index (χ3v) is 7.24. The van der Waals surface area contributed by atoms with Crippen molar-refractivity contribution in [2.45, 2.75) is 13.2 Å². The quantitative estimate of drug-likeness (QED) is 0.100. The minimum absolute atomic E-state index is 0.0387. The maximum absolute atomic E-state index is 12.8. The van der Waals surface area contributed by atoms with E-state index in [-0.39, 0.29) is 17.7 Å². The van der Waals surface area contributed by atoms with Gasteiger partial charge in [0, 0.05) is 5.69 Å². The number of hydrogen-bond donors (Lipinski definition) is 2. The number of carbonyl (C=O) groups is 2. The fraction of sp³-hybridized carbons (Fsp3) is 0.0645. The highest BCUT2D eigenvalue weighted by molar-refractivity contribution is 14.1. The van der Waals surface area contributed by atoms with Gasteiger partial charge in [0.05, 0.1) is 12.7 Å². The monoisotopic (exact) mass is 756 g/mol. The molecule has 0 radical (unpaired) electrons. The second-order valence-corrected chi connectivity index (χ2v) is 10.9. The van der Waals surface area contributed by atoms with Gasteiger partial charge in [0.2, 0.25) is 0 Å². The van der Waals surface area contributed by atoms with Crippen LogP contribution < -0.4 is 14.8 Å². The van der Waals surface area contributed by atoms with E-state index in [1.54, 1.807) is 36.4 Å². The molecule has 0 bridgehead atoms. The van der Waals surface area contributed by atoms with Gasteiger partial charge < -0.3 is 19.9 Å². The minimum atomic E-state index is -0.979. The lowest BCUT2D eigenvalue weighted by Crippen LogP contribution is -2.13. The van der Waals surface area contributed by atoms with Crippen molar-refractivity contribution in [2.24, 2.45) is 0 Å². The first-order chi connectivity index (χ1) is 19.3. The number of carboxylic acid groups (broad SMARTS) is 1. The van der Waals surface area contributed by atoms with Gasteiger partial charge in [0.25, 0.3) is 5.91 Å². The molecule has 4 rings (SSSR count). The Kier molecular flexibility index (Phi) is 10.2. The molecular weight excluding hydrogens is 734 g/mol. The smallest absolute Gasteiger partial charge is 0.335 e. The Hall–Kier alpha value is -3.89. The van der Waals surface area contributed by atoms with E-state index < -0.39 is 11.9 Å². The average Bonchev–Trinajstić information content (AvgIpc) is 2.96. The summed E-state index contributed by atoms with van der Waals surface area (Å²) in [6.07, 6.45) is 1.53. The largest absolute Gasteiger partial charge is 0.489 e. The molecule has 0 fully saturated rings. The molecule has 0 aliphatic carbocycles. The first kappa shape index (κ1) is 29.1. The summed E-state index contributed by atoms with van der Waals surface area (Å²) in [5, 5.41) is 21.4. The normalized spacial score (nSPS) is 10.9. The molecule has 4 aromatic rings. The van der Waals surface area contributed by atoms with E-state index in [9.17, 15) is 14.9 Å². The minimum Gasteiger partial charge on any atom is -0.489 e. The van der Waals surface area contributed by atoms with Gasteiger partial charge in [-0.25, -0.2) is 4.79 Å². The molecule has 0 aliphatic heterocycles. The molecule has 0 spiro atoms. The summed E-state index contributed by atoms with van der Waals surface area (Å²) in [6, 6.07) is 28.9. The summed E-state index contributed by atoms with van der Waals surface area (Å²) in [5.41, 5.74) is 3.29. The predicted molar refractivity (Wildman–Crippen MR) is 169 cm³/mol. The maximum atomic E-state index is 12.8. The van der Waals surface area contributed by atoms with Crippen LogP contribution in [0.2, 0.25) is 0 Å². The first-order valence-electron chi connectivity index (χ1n) is 12.0. The topological polar surface area (TPSA) is 109 Å². The fourth-order valence-corrected chi connectivity index (χ4v) is 5.72. The van der Waals surface area contributed by atoms with Crippen molar-refractivity contribution in [2.75, 3.05) is 5.32 Å². The van der Waals surface area contributed by atoms with E-state index >= 15 is 0 Å². The fourth-order valence-electron chi connectivity index (χ4n) is 3.59. The molecule has 0 atom stereocenters. The van der Waals surface area contributed by atoms with Crippen LogP contribution in [0.4, 0.5) is 5.69 Å². The van der Waals surface area contributed by atoms with E-state index in [2.05, 4.69) is 50.5 Å². The molecule has 0 heterocycles. The molecule has 0 unspecified atom stereocenters. The van der Waals surface area contributed by atoms with Crippen molar-refractivity contribution in [3.8, 4) is 17.6 Å². The van der Waals surface area contributed by atoms with Gasteiger partial charge in [0.1, 0.15) is 36.4 Å². The summed E-state index contributed by atoms with van der Waals surface area (Å²) < 4.78 is 13.4. The highest BCUT2D eigenvalue weighted by Crippen LogP contribution is 2.31. The average molecular weight is 756 g/mol. The zero-order chi connectivity index (χ0) is 28.5. The summed E-state index contributed by atoms with van der Waals surface area (Å²) in [7, 11) is 0. The number of rotatable bonds is 10. The maximum Gasteiger partial charge on any atom is 0.335 e. The van der Waals surface area contributed by atoms with E-state index in [1.807, 2.05) is 48.5 Å². The zero-order valence-electron chi connectivity index (χ0n) is 20.9. The number of carbonyl (C=O) groups excluding carboxylic acids is 1. The number of nitriles is 1. The molecule has 7 nitrogen and oxygen atoms in total. The summed E-state index contributed by atoms with van der Waals surface area (Å²) in [5.74, 6) is -0.164. The van der Waals surface area contributed by atoms with Gasteiger partial charge in [-0.15, -0.1) is 0 Å². The summed E-state index contributed by atoms with van der Waals surface area (Å²) in [6.45, 7) is 0.707. The Morgan fingerprint density at radius 1 is 0.850 bits per heavy atom. The highest BCUT2D eigenvalue weighted by atomic mass is 127. The lowest BCUT2D eigenvalue weighted by Gasteiger charge is -2.12. The van der Waals surface area contributed by atoms with E-state index in [0.717, 1.165) is 18.3 Å². The number of carboxylic acids is 1. The van der Waals surface area contributed by atoms with Crippen LogP contribution in [0.25, 0.3) is 6.08 Å². The van der Waals surface area contributed by atoms with Crippen molar-refractivity contribution in [1.82, 2.24) is 0 Å². The van der Waals surface area contributed by atoms with Gasteiger partial charge in [-0.1, -0.05) is 42.5 Å². The van der Waals surface area contributed by atoms with Crippen molar-refractivity contribution in [3.05, 3.63) is 126 Å². The predicted octanol–water partition coefficient (Wildman–Crippen LogP) is 7.30. The second kappa shape index (κ2) is 14.0. The molecule has 0 aromatic heterocycles. The molecule has 1 amide bonds. The molecule has 0 aliphatic rings. The molecule has 200 valence electrons. The highest BCUT2D eigenvalue weighted by Gasteiger charge is 2.13. The molecule has 40 heavy (non-hydrogen) atoms. The number of amides is 1. The molecule has 0 saturated heterocycles. The number of anilines is 1. The van der Waals surface area contributed by atoms with Crippen LogP contribution in [-0.2, 0) is 18.0 Å². The molecule has 9 heteroatoms. The SMILES string of the molecule is N#C/C(=C\c1cc(I)c(OCc2ccc(C(=O)O)cc2)c(I)c1)C(=O)Nc1ccc(OCc2ccccc2)cc1. The van der Waals surface area contributed by atoms with Crippen LogP contribution in [0, 0.1) is 18.5 Å². The Morgan fingerprint density at radius 3 is 2.05 bits per heavy atom. The Labute approximate surface area is 258 Å². The van der Waals surface area contributed by atoms with Gasteiger partial charge in [-0.3, -0.25) is 4.79 Å². The van der Waals surface area contributed by atoms with E-state index in [1.165, 1.54) is 18.2 Å². The van der Waals surface area contributed by atoms with Crippen LogP contribution in [0.3, 0.4) is 0 Å². The van der Waals surface area contributed by atoms with Crippen LogP contribution in [0.15, 0.2) is 96.6 Å². The van der Waals surface area contributed by atoms with Crippen molar-refractivity contribution in [3.63, 3.8) is 0 Å². The van der Waals surface area contributed by atoms with Gasteiger partial charge in [0.15, 0.2) is 0 Å². The molecule has 2 N–H and O–H groups in total. The van der Waals surface area contributed by atoms with E-state index in [0.29, 0.717) is 29.4 Å². The van der Waals surface area contributed by atoms with Crippen molar-refractivity contribution in [1.29, 1.82) is 5.26 Å². The number of aromatic carboxylic acids is 1. The number of nitrogens with zero attached hydrogens (tertiary/aromatic N) is 1. The number of halogens is 2. The molecule has 4 aromatic carbocycles.